The third kappa shape index (κ3) is 3.06. The number of aromatic nitrogens is 1. The summed E-state index contributed by atoms with van der Waals surface area (Å²) >= 11 is 0. The summed E-state index contributed by atoms with van der Waals surface area (Å²) in [6.45, 7) is 2.78. The molecule has 6 heteroatoms. The van der Waals surface area contributed by atoms with Crippen molar-refractivity contribution in [1.82, 2.24) is 4.98 Å². The molecule has 106 valence electrons. The smallest absolute Gasteiger partial charge is 0.179 e. The second-order valence-corrected chi connectivity index (χ2v) is 7.20. The fourth-order valence-electron chi connectivity index (χ4n) is 2.65. The van der Waals surface area contributed by atoms with E-state index < -0.39 is 9.84 Å². The molecule has 0 aromatic carbocycles. The second-order valence-electron chi connectivity index (χ2n) is 5.21. The first-order valence-corrected chi connectivity index (χ1v) is 8.47. The van der Waals surface area contributed by atoms with Crippen LogP contribution >= 0.6 is 0 Å². The van der Waals surface area contributed by atoms with Crippen molar-refractivity contribution in [2.75, 3.05) is 17.7 Å². The molecule has 1 aromatic rings. The lowest BCUT2D eigenvalue weighted by molar-refractivity contribution is 0.409. The van der Waals surface area contributed by atoms with Crippen LogP contribution in [-0.2, 0) is 9.84 Å². The molecule has 1 saturated heterocycles. The van der Waals surface area contributed by atoms with Gasteiger partial charge in [-0.1, -0.05) is 0 Å². The van der Waals surface area contributed by atoms with Crippen LogP contribution in [-0.4, -0.2) is 38.3 Å². The van der Waals surface area contributed by atoms with Crippen LogP contribution in [0.4, 0.5) is 5.82 Å². The molecule has 1 aromatic heterocycles. The van der Waals surface area contributed by atoms with Crippen molar-refractivity contribution in [1.29, 1.82) is 0 Å². The van der Waals surface area contributed by atoms with E-state index >= 15 is 0 Å². The number of hydrogen-bond acceptors (Lipinski definition) is 5. The zero-order valence-corrected chi connectivity index (χ0v) is 12.2. The molecule has 0 spiro atoms. The van der Waals surface area contributed by atoms with E-state index in [1.807, 2.05) is 6.92 Å². The quantitative estimate of drug-likeness (QED) is 0.901. The highest BCUT2D eigenvalue weighted by molar-refractivity contribution is 7.90. The fourth-order valence-corrected chi connectivity index (χ4v) is 3.48. The molecule has 19 heavy (non-hydrogen) atoms. The van der Waals surface area contributed by atoms with Crippen LogP contribution in [0.3, 0.4) is 0 Å². The van der Waals surface area contributed by atoms with E-state index in [1.54, 1.807) is 18.3 Å². The molecule has 0 amide bonds. The van der Waals surface area contributed by atoms with Crippen LogP contribution in [0.25, 0.3) is 0 Å². The van der Waals surface area contributed by atoms with Crippen LogP contribution in [0.15, 0.2) is 23.2 Å². The Hall–Kier alpha value is -1.14. The molecule has 2 heterocycles. The molecule has 2 atom stereocenters. The molecule has 0 aliphatic carbocycles. The summed E-state index contributed by atoms with van der Waals surface area (Å²) in [4.78, 5) is 6.65. The Morgan fingerprint density at radius 3 is 2.84 bits per heavy atom. The Balaban J connectivity index is 2.45. The number of hydrogen-bond donors (Lipinski definition) is 1. The largest absolute Gasteiger partial charge is 0.351 e. The van der Waals surface area contributed by atoms with Gasteiger partial charge >= 0.3 is 0 Å². The van der Waals surface area contributed by atoms with Crippen molar-refractivity contribution >= 4 is 15.7 Å². The molecule has 1 aliphatic heterocycles. The number of nitrogens with two attached hydrogens (primary N) is 1. The number of rotatable bonds is 3. The van der Waals surface area contributed by atoms with Gasteiger partial charge in [0.15, 0.2) is 9.84 Å². The fraction of sp³-hybridized carbons (Fsp3) is 0.615. The lowest BCUT2D eigenvalue weighted by Gasteiger charge is -2.39. The van der Waals surface area contributed by atoms with Crippen molar-refractivity contribution in [2.45, 2.75) is 43.2 Å². The first-order chi connectivity index (χ1) is 8.91. The third-order valence-corrected chi connectivity index (χ3v) is 4.70. The number of nitrogens with zero attached hydrogens (tertiary/aromatic N) is 2. The van der Waals surface area contributed by atoms with Gasteiger partial charge in [-0.2, -0.15) is 0 Å². The van der Waals surface area contributed by atoms with Crippen LogP contribution in [0.5, 0.6) is 0 Å². The zero-order valence-electron chi connectivity index (χ0n) is 11.4. The molecule has 0 bridgehead atoms. The van der Waals surface area contributed by atoms with Gasteiger partial charge in [0.1, 0.15) is 10.7 Å². The minimum absolute atomic E-state index is 0.00489. The Morgan fingerprint density at radius 1 is 1.47 bits per heavy atom. The average molecular weight is 283 g/mol. The molecule has 5 nitrogen and oxygen atoms in total. The summed E-state index contributed by atoms with van der Waals surface area (Å²) in [6.07, 6.45) is 6.01. The molecule has 1 fully saturated rings. The Labute approximate surface area is 114 Å². The van der Waals surface area contributed by atoms with Crippen molar-refractivity contribution in [3.05, 3.63) is 18.3 Å². The first-order valence-electron chi connectivity index (χ1n) is 6.58. The van der Waals surface area contributed by atoms with Crippen LogP contribution in [0, 0.1) is 0 Å². The number of piperidine rings is 1. The SMILES string of the molecule is CC(N)C1CCCCN1c1ncccc1S(C)(=O)=O. The van der Waals surface area contributed by atoms with E-state index in [4.69, 9.17) is 5.73 Å². The van der Waals surface area contributed by atoms with Gasteiger partial charge in [0, 0.05) is 31.1 Å². The van der Waals surface area contributed by atoms with Gasteiger partial charge in [-0.25, -0.2) is 13.4 Å². The van der Waals surface area contributed by atoms with Crippen molar-refractivity contribution in [3.63, 3.8) is 0 Å². The summed E-state index contributed by atoms with van der Waals surface area (Å²) < 4.78 is 23.7. The van der Waals surface area contributed by atoms with E-state index in [9.17, 15) is 8.42 Å². The molecule has 0 radical (unpaired) electrons. The van der Waals surface area contributed by atoms with Gasteiger partial charge < -0.3 is 10.6 Å². The van der Waals surface area contributed by atoms with Gasteiger partial charge in [-0.15, -0.1) is 0 Å². The van der Waals surface area contributed by atoms with Crippen molar-refractivity contribution in [3.8, 4) is 0 Å². The molecule has 2 unspecified atom stereocenters. The number of anilines is 1. The van der Waals surface area contributed by atoms with E-state index in [0.29, 0.717) is 10.7 Å². The first kappa shape index (κ1) is 14.3. The molecular formula is C13H21N3O2S. The van der Waals surface area contributed by atoms with Crippen molar-refractivity contribution < 1.29 is 8.42 Å². The van der Waals surface area contributed by atoms with Gasteiger partial charge in [0.05, 0.1) is 0 Å². The topological polar surface area (TPSA) is 76.3 Å². The Bertz CT molecular complexity index is 543. The summed E-state index contributed by atoms with van der Waals surface area (Å²) in [5.41, 5.74) is 6.04. The maximum absolute atomic E-state index is 11.9. The second kappa shape index (κ2) is 5.46. The normalized spacial score (nSPS) is 22.3. The molecule has 1 aliphatic rings. The van der Waals surface area contributed by atoms with Crippen molar-refractivity contribution in [2.24, 2.45) is 5.73 Å². The Kier molecular flexibility index (Phi) is 4.10. The standard InChI is InChI=1S/C13H21N3O2S/c1-10(14)11-6-3-4-9-16(11)13-12(19(2,17)18)7-5-8-15-13/h5,7-8,10-11H,3-4,6,9,14H2,1-2H3. The number of pyridine rings is 1. The van der Waals surface area contributed by atoms with Gasteiger partial charge in [-0.05, 0) is 38.3 Å². The van der Waals surface area contributed by atoms with Gasteiger partial charge in [0.2, 0.25) is 0 Å². The van der Waals surface area contributed by atoms with Gasteiger partial charge in [-0.3, -0.25) is 0 Å². The molecular weight excluding hydrogens is 262 g/mol. The van der Waals surface area contributed by atoms with Crippen LogP contribution < -0.4 is 10.6 Å². The highest BCUT2D eigenvalue weighted by Gasteiger charge is 2.29. The molecule has 0 saturated carbocycles. The highest BCUT2D eigenvalue weighted by Crippen LogP contribution is 2.29. The summed E-state index contributed by atoms with van der Waals surface area (Å²) in [5.74, 6) is 0.548. The van der Waals surface area contributed by atoms with E-state index in [2.05, 4.69) is 9.88 Å². The Morgan fingerprint density at radius 2 is 2.21 bits per heavy atom. The minimum atomic E-state index is -3.28. The predicted octanol–water partition coefficient (Wildman–Crippen LogP) is 1.19. The monoisotopic (exact) mass is 283 g/mol. The van der Waals surface area contributed by atoms with E-state index in [1.165, 1.54) is 6.26 Å². The lowest BCUT2D eigenvalue weighted by atomic mass is 9.97. The lowest BCUT2D eigenvalue weighted by Crippen LogP contribution is -2.50. The minimum Gasteiger partial charge on any atom is -0.351 e. The molecule has 2 rings (SSSR count). The average Bonchev–Trinajstić information content (AvgIpc) is 2.37. The van der Waals surface area contributed by atoms with Crippen LogP contribution in [0.2, 0.25) is 0 Å². The highest BCUT2D eigenvalue weighted by atomic mass is 32.2. The van der Waals surface area contributed by atoms with E-state index in [-0.39, 0.29) is 12.1 Å². The van der Waals surface area contributed by atoms with E-state index in [0.717, 1.165) is 25.8 Å². The summed E-state index contributed by atoms with van der Waals surface area (Å²) in [6, 6.07) is 3.42. The summed E-state index contributed by atoms with van der Waals surface area (Å²) in [7, 11) is -3.28. The number of sulfone groups is 1. The maximum atomic E-state index is 11.9. The zero-order chi connectivity index (χ0) is 14.0. The third-order valence-electron chi connectivity index (χ3n) is 3.58. The van der Waals surface area contributed by atoms with Crippen LogP contribution in [0.1, 0.15) is 26.2 Å². The predicted molar refractivity (Wildman–Crippen MR) is 76.0 cm³/mol. The summed E-state index contributed by atoms with van der Waals surface area (Å²) in [5, 5.41) is 0. The maximum Gasteiger partial charge on any atom is 0.179 e. The molecule has 2 N–H and O–H groups in total. The van der Waals surface area contributed by atoms with Gasteiger partial charge in [0.25, 0.3) is 0 Å².